The lowest BCUT2D eigenvalue weighted by Gasteiger charge is -2.23. The Hall–Kier alpha value is -1.61. The van der Waals surface area contributed by atoms with Crippen LogP contribution in [-0.2, 0) is 21.4 Å². The van der Waals surface area contributed by atoms with Gasteiger partial charge in [0.15, 0.2) is 0 Å². The number of benzene rings is 3. The zero-order valence-corrected chi connectivity index (χ0v) is 20.5. The number of rotatable bonds is 7. The maximum atomic E-state index is 13.3. The number of nitrogens with one attached hydrogen (secondary N) is 1. The minimum Gasteiger partial charge on any atom is -0.322 e. The van der Waals surface area contributed by atoms with Gasteiger partial charge in [0.25, 0.3) is 0 Å². The van der Waals surface area contributed by atoms with Crippen molar-refractivity contribution in [2.45, 2.75) is 11.4 Å². The van der Waals surface area contributed by atoms with Crippen LogP contribution in [0.25, 0.3) is 0 Å². The number of para-hydroxylation sites is 1. The summed E-state index contributed by atoms with van der Waals surface area (Å²) in [6.07, 6.45) is 0. The number of carbonyl (C=O) groups excluding carboxylic acids is 1. The fourth-order valence-electron chi connectivity index (χ4n) is 2.75. The molecule has 0 bridgehead atoms. The van der Waals surface area contributed by atoms with Crippen molar-refractivity contribution in [2.75, 3.05) is 11.9 Å². The Kier molecular flexibility index (Phi) is 8.02. The summed E-state index contributed by atoms with van der Waals surface area (Å²) < 4.78 is 28.4. The molecule has 1 amide bonds. The second kappa shape index (κ2) is 10.3. The monoisotopic (exact) mass is 560 g/mol. The van der Waals surface area contributed by atoms with Gasteiger partial charge < -0.3 is 5.32 Å². The van der Waals surface area contributed by atoms with Gasteiger partial charge in [-0.1, -0.05) is 75.0 Å². The van der Waals surface area contributed by atoms with Crippen LogP contribution >= 0.6 is 50.7 Å². The van der Waals surface area contributed by atoms with E-state index < -0.39 is 22.5 Å². The number of amides is 1. The highest BCUT2D eigenvalue weighted by Crippen LogP contribution is 2.30. The molecule has 162 valence electrons. The topological polar surface area (TPSA) is 66.5 Å². The molecule has 0 unspecified atom stereocenters. The summed E-state index contributed by atoms with van der Waals surface area (Å²) in [5, 5.41) is 3.48. The maximum Gasteiger partial charge on any atom is 0.243 e. The van der Waals surface area contributed by atoms with E-state index in [-0.39, 0.29) is 27.2 Å². The van der Waals surface area contributed by atoms with Crippen molar-refractivity contribution in [3.63, 3.8) is 0 Å². The molecule has 0 heterocycles. The molecule has 1 N–H and O–H groups in total. The van der Waals surface area contributed by atoms with E-state index in [1.54, 1.807) is 54.6 Å². The summed E-state index contributed by atoms with van der Waals surface area (Å²) >= 11 is 21.7. The average molecular weight is 563 g/mol. The molecule has 0 aromatic heterocycles. The molecule has 0 fully saturated rings. The summed E-state index contributed by atoms with van der Waals surface area (Å²) in [4.78, 5) is 12.8. The molecule has 0 saturated carbocycles. The minimum atomic E-state index is -4.01. The summed E-state index contributed by atoms with van der Waals surface area (Å²) in [5.74, 6) is -0.595. The van der Waals surface area contributed by atoms with E-state index in [4.69, 9.17) is 34.8 Å². The van der Waals surface area contributed by atoms with Crippen LogP contribution in [-0.4, -0.2) is 25.2 Å². The first kappa shape index (κ1) is 24.0. The molecule has 31 heavy (non-hydrogen) atoms. The predicted molar refractivity (Wildman–Crippen MR) is 128 cm³/mol. The van der Waals surface area contributed by atoms with Crippen LogP contribution in [0, 0.1) is 0 Å². The number of hydrogen-bond acceptors (Lipinski definition) is 3. The second-order valence-electron chi connectivity index (χ2n) is 6.46. The van der Waals surface area contributed by atoms with Crippen molar-refractivity contribution in [2.24, 2.45) is 0 Å². The Morgan fingerprint density at radius 3 is 2.06 bits per heavy atom. The molecule has 3 rings (SSSR count). The van der Waals surface area contributed by atoms with E-state index in [0.29, 0.717) is 10.6 Å². The molecule has 0 atom stereocenters. The van der Waals surface area contributed by atoms with Crippen LogP contribution in [0.2, 0.25) is 15.1 Å². The van der Waals surface area contributed by atoms with Crippen LogP contribution in [0.5, 0.6) is 0 Å². The quantitative estimate of drug-likeness (QED) is 0.371. The Morgan fingerprint density at radius 2 is 1.45 bits per heavy atom. The van der Waals surface area contributed by atoms with Gasteiger partial charge in [0.1, 0.15) is 0 Å². The van der Waals surface area contributed by atoms with Gasteiger partial charge in [0.05, 0.1) is 27.2 Å². The summed E-state index contributed by atoms with van der Waals surface area (Å²) in [7, 11) is -4.01. The van der Waals surface area contributed by atoms with Gasteiger partial charge in [0.2, 0.25) is 15.9 Å². The molecule has 3 aromatic rings. The molecular weight excluding hydrogens is 547 g/mol. The van der Waals surface area contributed by atoms with Gasteiger partial charge >= 0.3 is 0 Å². The number of nitrogens with zero attached hydrogens (tertiary/aromatic N) is 1. The average Bonchev–Trinajstić information content (AvgIpc) is 2.72. The first-order chi connectivity index (χ1) is 14.7. The molecule has 0 radical (unpaired) electrons. The third kappa shape index (κ3) is 6.00. The Bertz CT molecular complexity index is 1180. The molecule has 10 heteroatoms. The van der Waals surface area contributed by atoms with Crippen molar-refractivity contribution < 1.29 is 13.2 Å². The first-order valence-corrected chi connectivity index (χ1v) is 12.3. The Morgan fingerprint density at radius 1 is 0.871 bits per heavy atom. The maximum absolute atomic E-state index is 13.3. The van der Waals surface area contributed by atoms with Crippen molar-refractivity contribution in [3.8, 4) is 0 Å². The Labute approximate surface area is 204 Å². The van der Waals surface area contributed by atoms with E-state index in [0.717, 1.165) is 8.78 Å². The van der Waals surface area contributed by atoms with Crippen LogP contribution in [0.3, 0.4) is 0 Å². The second-order valence-corrected chi connectivity index (χ2v) is 10.5. The third-order valence-corrected chi connectivity index (χ3v) is 7.64. The SMILES string of the molecule is O=C(CN(Cc1ccccc1Cl)S(=O)(=O)c1ccc(Br)cc1)Nc1c(Cl)cccc1Cl. The molecular formula is C21H16BrCl3N2O3S. The lowest BCUT2D eigenvalue weighted by molar-refractivity contribution is -0.116. The molecule has 0 aliphatic heterocycles. The highest BCUT2D eigenvalue weighted by atomic mass is 79.9. The van der Waals surface area contributed by atoms with Gasteiger partial charge in [-0.3, -0.25) is 4.79 Å². The van der Waals surface area contributed by atoms with Gasteiger partial charge in [-0.2, -0.15) is 4.31 Å². The van der Waals surface area contributed by atoms with Crippen LogP contribution in [0.1, 0.15) is 5.56 Å². The van der Waals surface area contributed by atoms with Gasteiger partial charge in [0, 0.05) is 16.0 Å². The van der Waals surface area contributed by atoms with E-state index >= 15 is 0 Å². The van der Waals surface area contributed by atoms with Crippen molar-refractivity contribution in [1.29, 1.82) is 0 Å². The van der Waals surface area contributed by atoms with E-state index in [1.807, 2.05) is 0 Å². The number of carbonyl (C=O) groups is 1. The van der Waals surface area contributed by atoms with Crippen molar-refractivity contribution in [1.82, 2.24) is 4.31 Å². The highest BCUT2D eigenvalue weighted by molar-refractivity contribution is 9.10. The van der Waals surface area contributed by atoms with Crippen LogP contribution in [0.4, 0.5) is 5.69 Å². The summed E-state index contributed by atoms with van der Waals surface area (Å²) in [6, 6.07) is 17.8. The number of halogens is 4. The molecule has 5 nitrogen and oxygen atoms in total. The van der Waals surface area contributed by atoms with Crippen molar-refractivity contribution >= 4 is 72.4 Å². The normalized spacial score (nSPS) is 11.5. The number of hydrogen-bond donors (Lipinski definition) is 1. The van der Waals surface area contributed by atoms with E-state index in [1.165, 1.54) is 12.1 Å². The third-order valence-electron chi connectivity index (χ3n) is 4.30. The zero-order valence-electron chi connectivity index (χ0n) is 15.9. The lowest BCUT2D eigenvalue weighted by Crippen LogP contribution is -2.37. The van der Waals surface area contributed by atoms with E-state index in [9.17, 15) is 13.2 Å². The van der Waals surface area contributed by atoms with Crippen LogP contribution < -0.4 is 5.32 Å². The van der Waals surface area contributed by atoms with Gasteiger partial charge in [-0.05, 0) is 48.0 Å². The predicted octanol–water partition coefficient (Wildman–Crippen LogP) is 6.24. The molecule has 0 saturated heterocycles. The summed E-state index contributed by atoms with van der Waals surface area (Å²) in [6.45, 7) is -0.563. The standard InChI is InChI=1S/C21H16BrCl3N2O3S/c22-15-8-10-16(11-9-15)31(29,30)27(12-14-4-1-2-5-17(14)23)13-20(28)26-21-18(24)6-3-7-19(21)25/h1-11H,12-13H2,(H,26,28). The van der Waals surface area contributed by atoms with Gasteiger partial charge in [-0.25, -0.2) is 8.42 Å². The lowest BCUT2D eigenvalue weighted by atomic mass is 10.2. The minimum absolute atomic E-state index is 0.0475. The largest absolute Gasteiger partial charge is 0.322 e. The van der Waals surface area contributed by atoms with Gasteiger partial charge in [-0.15, -0.1) is 0 Å². The highest BCUT2D eigenvalue weighted by Gasteiger charge is 2.28. The number of anilines is 1. The number of sulfonamides is 1. The summed E-state index contributed by atoms with van der Waals surface area (Å²) in [5.41, 5.74) is 0.781. The first-order valence-electron chi connectivity index (χ1n) is 8.91. The molecule has 0 aliphatic carbocycles. The van der Waals surface area contributed by atoms with Crippen molar-refractivity contribution in [3.05, 3.63) is 91.8 Å². The zero-order chi connectivity index (χ0) is 22.6. The molecule has 0 aliphatic rings. The van der Waals surface area contributed by atoms with E-state index in [2.05, 4.69) is 21.2 Å². The molecule has 3 aromatic carbocycles. The smallest absolute Gasteiger partial charge is 0.243 e. The fourth-order valence-corrected chi connectivity index (χ4v) is 5.08. The Balaban J connectivity index is 1.92. The molecule has 0 spiro atoms. The van der Waals surface area contributed by atoms with Crippen LogP contribution in [0.15, 0.2) is 76.1 Å². The fraction of sp³-hybridized carbons (Fsp3) is 0.0952.